The molecule has 0 saturated carbocycles. The predicted molar refractivity (Wildman–Crippen MR) is 74.7 cm³/mol. The summed E-state index contributed by atoms with van der Waals surface area (Å²) >= 11 is 0. The van der Waals surface area contributed by atoms with Crippen molar-refractivity contribution in [2.45, 2.75) is 77.0 Å². The van der Waals surface area contributed by atoms with E-state index in [9.17, 15) is 8.78 Å². The van der Waals surface area contributed by atoms with Crippen molar-refractivity contribution in [3.63, 3.8) is 0 Å². The van der Waals surface area contributed by atoms with Gasteiger partial charge in [0.05, 0.1) is 0 Å². The zero-order valence-electron chi connectivity index (χ0n) is 10.6. The second kappa shape index (κ2) is 12.2. The van der Waals surface area contributed by atoms with E-state index in [0.717, 1.165) is 38.5 Å². The lowest BCUT2D eigenvalue weighted by Gasteiger charge is -2.11. The van der Waals surface area contributed by atoms with Crippen molar-refractivity contribution in [3.8, 4) is 0 Å². The summed E-state index contributed by atoms with van der Waals surface area (Å²) in [6.45, 7) is 4.23. The number of hydrogen-bond acceptors (Lipinski definition) is 0. The minimum atomic E-state index is -0.741. The van der Waals surface area contributed by atoms with Gasteiger partial charge in [-0.05, 0) is 12.8 Å². The van der Waals surface area contributed by atoms with Crippen molar-refractivity contribution < 1.29 is 8.78 Å². The van der Waals surface area contributed by atoms with Gasteiger partial charge < -0.3 is 0 Å². The predicted octanol–water partition coefficient (Wildman–Crippen LogP) is 6.01. The van der Waals surface area contributed by atoms with Gasteiger partial charge in [0.15, 0.2) is 0 Å². The lowest BCUT2D eigenvalue weighted by molar-refractivity contribution is 0.407. The Morgan fingerprint density at radius 1 is 0.750 bits per heavy atom. The zero-order valence-corrected chi connectivity index (χ0v) is 12.6. The molecule has 4 unspecified atom stereocenters. The van der Waals surface area contributed by atoms with E-state index in [1.807, 2.05) is 0 Å². The van der Waals surface area contributed by atoms with E-state index < -0.39 is 11.8 Å². The van der Waals surface area contributed by atoms with Gasteiger partial charge >= 0.3 is 0 Å². The maximum Gasteiger partial charge on any atom is 0.120 e. The summed E-state index contributed by atoms with van der Waals surface area (Å²) in [6, 6.07) is 0. The molecule has 0 aromatic rings. The molecule has 0 aromatic carbocycles. The number of alkyl halides is 2. The summed E-state index contributed by atoms with van der Waals surface area (Å²) in [6.07, 6.45) is 7.65. The molecule has 0 fully saturated rings. The Hall–Kier alpha value is 0.720. The minimum Gasteiger partial charge on any atom is -0.242 e. The number of unbranched alkanes of at least 4 members (excludes halogenated alkanes) is 4. The Morgan fingerprint density at radius 3 is 1.44 bits per heavy atom. The lowest BCUT2D eigenvalue weighted by Crippen LogP contribution is -1.93. The molecular formula is C12H26F2P2. The largest absolute Gasteiger partial charge is 0.242 e. The summed E-state index contributed by atoms with van der Waals surface area (Å²) in [5.74, 6) is -1.48. The third-order valence-corrected chi connectivity index (χ3v) is 6.27. The minimum absolute atomic E-state index is 0.196. The van der Waals surface area contributed by atoms with E-state index in [0.29, 0.717) is 12.8 Å². The van der Waals surface area contributed by atoms with Crippen molar-refractivity contribution >= 4 is 16.5 Å². The van der Waals surface area contributed by atoms with Crippen LogP contribution in [0.3, 0.4) is 0 Å². The van der Waals surface area contributed by atoms with Gasteiger partial charge in [0.2, 0.25) is 0 Å². The fraction of sp³-hybridized carbons (Fsp3) is 1.00. The molecule has 0 aromatic heterocycles. The summed E-state index contributed by atoms with van der Waals surface area (Å²) in [5.41, 5.74) is 0. The third-order valence-electron chi connectivity index (χ3n) is 2.52. The van der Waals surface area contributed by atoms with Crippen LogP contribution in [0, 0.1) is 0 Å². The SMILES string of the molecule is CCCCCC(F)PPC(F)CCCCC. The molecule has 0 saturated heterocycles. The smallest absolute Gasteiger partial charge is 0.120 e. The first-order chi connectivity index (χ1) is 7.70. The standard InChI is InChI=1S/C12H26F2P2/c1-3-5-7-9-11(13)15-16-12(14)10-8-6-4-2/h11-12,15-16H,3-10H2,1-2H3. The Kier molecular flexibility index (Phi) is 12.7. The van der Waals surface area contributed by atoms with E-state index in [1.165, 1.54) is 0 Å². The number of rotatable bonds is 11. The van der Waals surface area contributed by atoms with Gasteiger partial charge in [0, 0.05) is 0 Å². The quantitative estimate of drug-likeness (QED) is 0.318. The molecule has 0 N–H and O–H groups in total. The normalized spacial score (nSPS) is 16.5. The molecule has 0 rings (SSSR count). The molecule has 4 atom stereocenters. The van der Waals surface area contributed by atoms with Crippen LogP contribution in [0.1, 0.15) is 65.2 Å². The molecule has 0 aliphatic rings. The van der Waals surface area contributed by atoms with E-state index in [4.69, 9.17) is 0 Å². The van der Waals surface area contributed by atoms with Crippen molar-refractivity contribution in [1.29, 1.82) is 0 Å². The van der Waals surface area contributed by atoms with Gasteiger partial charge in [-0.25, -0.2) is 8.78 Å². The monoisotopic (exact) mass is 270 g/mol. The summed E-state index contributed by atoms with van der Waals surface area (Å²) in [5, 5.41) is 0. The number of halogens is 2. The molecule has 0 amide bonds. The Bertz CT molecular complexity index is 129. The van der Waals surface area contributed by atoms with Crippen LogP contribution < -0.4 is 0 Å². The second-order valence-electron chi connectivity index (χ2n) is 4.22. The lowest BCUT2D eigenvalue weighted by atomic mass is 10.2. The average Bonchev–Trinajstić information content (AvgIpc) is 2.27. The van der Waals surface area contributed by atoms with Crippen LogP contribution in [0.15, 0.2) is 0 Å². The van der Waals surface area contributed by atoms with Gasteiger partial charge in [0.1, 0.15) is 11.8 Å². The fourth-order valence-electron chi connectivity index (χ4n) is 1.47. The summed E-state index contributed by atoms with van der Waals surface area (Å²) < 4.78 is 26.7. The summed E-state index contributed by atoms with van der Waals surface area (Å²) in [4.78, 5) is 0. The topological polar surface area (TPSA) is 0 Å². The van der Waals surface area contributed by atoms with Crippen molar-refractivity contribution in [3.05, 3.63) is 0 Å². The van der Waals surface area contributed by atoms with Gasteiger partial charge in [-0.15, -0.1) is 0 Å². The van der Waals surface area contributed by atoms with Crippen LogP contribution in [0.5, 0.6) is 0 Å². The molecule has 16 heavy (non-hydrogen) atoms. The highest BCUT2D eigenvalue weighted by Gasteiger charge is 2.11. The molecule has 0 spiro atoms. The van der Waals surface area contributed by atoms with Crippen molar-refractivity contribution in [2.24, 2.45) is 0 Å². The third kappa shape index (κ3) is 11.2. The molecule has 98 valence electrons. The molecule has 0 aliphatic carbocycles. The Labute approximate surface area is 103 Å². The highest BCUT2D eigenvalue weighted by Crippen LogP contribution is 2.48. The first-order valence-corrected chi connectivity index (χ1v) is 9.65. The first kappa shape index (κ1) is 16.7. The van der Waals surface area contributed by atoms with Gasteiger partial charge in [0.25, 0.3) is 0 Å². The van der Waals surface area contributed by atoms with Crippen LogP contribution in [0.25, 0.3) is 0 Å². The Morgan fingerprint density at radius 2 is 1.12 bits per heavy atom. The maximum atomic E-state index is 13.3. The zero-order chi connectivity index (χ0) is 12.2. The van der Waals surface area contributed by atoms with Crippen molar-refractivity contribution in [2.75, 3.05) is 0 Å². The Balaban J connectivity index is 3.32. The van der Waals surface area contributed by atoms with E-state index in [1.54, 1.807) is 0 Å². The molecular weight excluding hydrogens is 244 g/mol. The highest BCUT2D eigenvalue weighted by atomic mass is 32.0. The van der Waals surface area contributed by atoms with Crippen LogP contribution in [0.2, 0.25) is 0 Å². The van der Waals surface area contributed by atoms with Crippen LogP contribution in [-0.2, 0) is 0 Å². The molecule has 0 heterocycles. The van der Waals surface area contributed by atoms with Gasteiger partial charge in [-0.2, -0.15) is 0 Å². The molecule has 0 radical (unpaired) electrons. The van der Waals surface area contributed by atoms with Gasteiger partial charge in [-0.1, -0.05) is 68.9 Å². The first-order valence-electron chi connectivity index (χ1n) is 6.49. The summed E-state index contributed by atoms with van der Waals surface area (Å²) in [7, 11) is 0.391. The fourth-order valence-corrected chi connectivity index (χ4v) is 4.48. The molecule has 0 aliphatic heterocycles. The number of hydrogen-bond donors (Lipinski definition) is 0. The van der Waals surface area contributed by atoms with Gasteiger partial charge in [-0.3, -0.25) is 0 Å². The van der Waals surface area contributed by atoms with Crippen LogP contribution in [-0.4, -0.2) is 11.8 Å². The maximum absolute atomic E-state index is 13.3. The highest BCUT2D eigenvalue weighted by molar-refractivity contribution is 8.12. The van der Waals surface area contributed by atoms with Crippen LogP contribution >= 0.6 is 16.5 Å². The van der Waals surface area contributed by atoms with E-state index in [2.05, 4.69) is 13.8 Å². The average molecular weight is 270 g/mol. The van der Waals surface area contributed by atoms with Crippen molar-refractivity contribution in [1.82, 2.24) is 0 Å². The second-order valence-corrected chi connectivity index (χ2v) is 7.78. The molecule has 4 heteroatoms. The van der Waals surface area contributed by atoms with E-state index >= 15 is 0 Å². The van der Waals surface area contributed by atoms with E-state index in [-0.39, 0.29) is 16.5 Å². The molecule has 0 bridgehead atoms. The van der Waals surface area contributed by atoms with Crippen LogP contribution in [0.4, 0.5) is 8.78 Å². The molecule has 0 nitrogen and oxygen atoms in total.